The number of amides is 5. The van der Waals surface area contributed by atoms with Gasteiger partial charge in [-0.05, 0) is 49.2 Å². The molecule has 37 heavy (non-hydrogen) atoms. The summed E-state index contributed by atoms with van der Waals surface area (Å²) in [4.78, 5) is 55.0. The number of nitrogens with zero attached hydrogens (tertiary/aromatic N) is 2. The molecule has 11 nitrogen and oxygen atoms in total. The zero-order valence-corrected chi connectivity index (χ0v) is 20.9. The number of piperidine rings is 1. The number of carbonyl (C=O) groups excluding carboxylic acids is 4. The Balaban J connectivity index is 1.52. The van der Waals surface area contributed by atoms with Crippen LogP contribution in [0.25, 0.3) is 0 Å². The van der Waals surface area contributed by atoms with Crippen molar-refractivity contribution in [3.8, 4) is 11.5 Å². The van der Waals surface area contributed by atoms with Gasteiger partial charge in [0.2, 0.25) is 11.8 Å². The van der Waals surface area contributed by atoms with Crippen molar-refractivity contribution >= 4 is 29.4 Å². The van der Waals surface area contributed by atoms with E-state index >= 15 is 0 Å². The van der Waals surface area contributed by atoms with Crippen LogP contribution in [0.4, 0.5) is 10.5 Å². The van der Waals surface area contributed by atoms with Crippen molar-refractivity contribution < 1.29 is 28.7 Å². The molecule has 2 fully saturated rings. The first kappa shape index (κ1) is 25.8. The molecule has 5 amide bonds. The van der Waals surface area contributed by atoms with Crippen molar-refractivity contribution in [2.24, 2.45) is 0 Å². The van der Waals surface area contributed by atoms with Gasteiger partial charge in [0.05, 0.1) is 20.8 Å². The van der Waals surface area contributed by atoms with Crippen molar-refractivity contribution in [2.45, 2.75) is 24.9 Å². The van der Waals surface area contributed by atoms with E-state index in [2.05, 4.69) is 16.0 Å². The molecule has 196 valence electrons. The van der Waals surface area contributed by atoms with Gasteiger partial charge in [0.1, 0.15) is 23.6 Å². The van der Waals surface area contributed by atoms with Gasteiger partial charge in [-0.25, -0.2) is 4.79 Å². The summed E-state index contributed by atoms with van der Waals surface area (Å²) in [6.45, 7) is 0.906. The Morgan fingerprint density at radius 1 is 1.00 bits per heavy atom. The number of nitrogens with one attached hydrogen (secondary N) is 3. The summed E-state index contributed by atoms with van der Waals surface area (Å²) in [5.74, 6) is 0.117. The lowest BCUT2D eigenvalue weighted by Gasteiger charge is -2.41. The summed E-state index contributed by atoms with van der Waals surface area (Å²) in [7, 11) is 3.07. The van der Waals surface area contributed by atoms with Gasteiger partial charge in [0.15, 0.2) is 0 Å². The summed E-state index contributed by atoms with van der Waals surface area (Å²) in [6, 6.07) is 11.5. The Hall–Kier alpha value is -4.28. The fourth-order valence-corrected chi connectivity index (χ4v) is 4.42. The minimum atomic E-state index is -0.978. The molecule has 2 atom stereocenters. The highest BCUT2D eigenvalue weighted by molar-refractivity contribution is 5.99. The molecule has 2 unspecified atom stereocenters. The molecule has 2 aromatic rings. The monoisotopic (exact) mass is 509 g/mol. The van der Waals surface area contributed by atoms with Gasteiger partial charge in [-0.1, -0.05) is 6.07 Å². The van der Waals surface area contributed by atoms with Crippen molar-refractivity contribution in [2.75, 3.05) is 45.7 Å². The third kappa shape index (κ3) is 6.11. The molecule has 2 saturated heterocycles. The molecule has 2 aliphatic rings. The van der Waals surface area contributed by atoms with Crippen LogP contribution in [0, 0.1) is 0 Å². The van der Waals surface area contributed by atoms with E-state index in [0.717, 1.165) is 6.42 Å². The van der Waals surface area contributed by atoms with Crippen molar-refractivity contribution in [3.05, 3.63) is 54.1 Å². The molecule has 0 bridgehead atoms. The number of rotatable bonds is 6. The first-order chi connectivity index (χ1) is 17.9. The van der Waals surface area contributed by atoms with Gasteiger partial charge in [0.25, 0.3) is 5.91 Å². The van der Waals surface area contributed by atoms with E-state index in [1.165, 1.54) is 24.0 Å². The Labute approximate surface area is 215 Å². The molecule has 2 heterocycles. The molecule has 4 rings (SSSR count). The summed E-state index contributed by atoms with van der Waals surface area (Å²) < 4.78 is 10.4. The van der Waals surface area contributed by atoms with Gasteiger partial charge in [-0.15, -0.1) is 0 Å². The Morgan fingerprint density at radius 2 is 1.76 bits per heavy atom. The Kier molecular flexibility index (Phi) is 8.11. The van der Waals surface area contributed by atoms with Crippen LogP contribution < -0.4 is 25.4 Å². The zero-order chi connectivity index (χ0) is 26.4. The maximum absolute atomic E-state index is 13.4. The second-order valence-corrected chi connectivity index (χ2v) is 8.85. The van der Waals surface area contributed by atoms with Gasteiger partial charge in [0, 0.05) is 37.0 Å². The van der Waals surface area contributed by atoms with E-state index < -0.39 is 24.0 Å². The van der Waals surface area contributed by atoms with Crippen LogP contribution in [0.5, 0.6) is 11.5 Å². The average Bonchev–Trinajstić information content (AvgIpc) is 2.93. The Bertz CT molecular complexity index is 1150. The van der Waals surface area contributed by atoms with Crippen molar-refractivity contribution in [1.29, 1.82) is 0 Å². The first-order valence-corrected chi connectivity index (χ1v) is 12.1. The van der Waals surface area contributed by atoms with Crippen molar-refractivity contribution in [3.63, 3.8) is 0 Å². The lowest BCUT2D eigenvalue weighted by atomic mass is 10.0. The van der Waals surface area contributed by atoms with Crippen LogP contribution in [0.3, 0.4) is 0 Å². The van der Waals surface area contributed by atoms with E-state index in [9.17, 15) is 19.2 Å². The fourth-order valence-electron chi connectivity index (χ4n) is 4.42. The molecule has 0 aromatic heterocycles. The summed E-state index contributed by atoms with van der Waals surface area (Å²) >= 11 is 0. The third-order valence-electron chi connectivity index (χ3n) is 6.49. The highest BCUT2D eigenvalue weighted by atomic mass is 16.5. The predicted octanol–water partition coefficient (Wildman–Crippen LogP) is 1.46. The number of hydrogen-bond acceptors (Lipinski definition) is 6. The maximum atomic E-state index is 13.4. The quantitative estimate of drug-likeness (QED) is 0.541. The van der Waals surface area contributed by atoms with E-state index in [1.807, 2.05) is 0 Å². The second kappa shape index (κ2) is 11.6. The van der Waals surface area contributed by atoms with Crippen molar-refractivity contribution in [1.82, 2.24) is 20.4 Å². The maximum Gasteiger partial charge on any atom is 0.321 e. The molecule has 0 radical (unpaired) electrons. The van der Waals surface area contributed by atoms with Crippen LogP contribution in [0.2, 0.25) is 0 Å². The number of ether oxygens (including phenoxy) is 2. The highest BCUT2D eigenvalue weighted by Crippen LogP contribution is 2.21. The lowest BCUT2D eigenvalue weighted by Crippen LogP contribution is -2.64. The predicted molar refractivity (Wildman–Crippen MR) is 136 cm³/mol. The highest BCUT2D eigenvalue weighted by Gasteiger charge is 2.39. The van der Waals surface area contributed by atoms with Gasteiger partial charge in [-0.2, -0.15) is 0 Å². The van der Waals surface area contributed by atoms with E-state index in [-0.39, 0.29) is 31.4 Å². The van der Waals surface area contributed by atoms with Crippen LogP contribution >= 0.6 is 0 Å². The normalized spacial score (nSPS) is 19.5. The van der Waals surface area contributed by atoms with Crippen LogP contribution in [0.15, 0.2) is 48.5 Å². The topological polar surface area (TPSA) is 129 Å². The molecule has 3 N–H and O–H groups in total. The number of benzene rings is 2. The smallest absolute Gasteiger partial charge is 0.321 e. The van der Waals surface area contributed by atoms with E-state index in [1.54, 1.807) is 48.5 Å². The zero-order valence-electron chi connectivity index (χ0n) is 20.9. The lowest BCUT2D eigenvalue weighted by molar-refractivity contribution is -0.133. The number of piperazine rings is 1. The summed E-state index contributed by atoms with van der Waals surface area (Å²) in [5, 5.41) is 8.34. The number of methoxy groups -OCH3 is 2. The molecule has 11 heteroatoms. The number of urea groups is 1. The first-order valence-electron chi connectivity index (χ1n) is 12.1. The number of hydrogen-bond donors (Lipinski definition) is 3. The van der Waals surface area contributed by atoms with Gasteiger partial charge >= 0.3 is 6.03 Å². The fraction of sp³-hybridized carbons (Fsp3) is 0.385. The largest absolute Gasteiger partial charge is 0.497 e. The third-order valence-corrected chi connectivity index (χ3v) is 6.49. The average molecular weight is 510 g/mol. The number of anilines is 1. The van der Waals surface area contributed by atoms with Gasteiger partial charge < -0.3 is 35.2 Å². The standard InChI is InChI=1S/C26H31N5O6/c1-36-19-10-8-17(9-11-19)25(34)31-14-13-30(26(35)28-18-5-3-6-20(15-18)37-2)16-22(31)24(33)29-21-7-4-12-27-23(21)32/h3,5-6,8-11,15,21-22H,4,7,12-14,16H2,1-2H3,(H,27,32)(H,28,35)(H,29,33). The molecular formula is C26H31N5O6. The molecule has 0 saturated carbocycles. The second-order valence-electron chi connectivity index (χ2n) is 8.85. The van der Waals surface area contributed by atoms with Crippen LogP contribution in [-0.4, -0.2) is 86.0 Å². The molecule has 0 spiro atoms. The summed E-state index contributed by atoms with van der Waals surface area (Å²) in [6.07, 6.45) is 1.25. The minimum absolute atomic E-state index is 0.0299. The molecular weight excluding hydrogens is 478 g/mol. The van der Waals surface area contributed by atoms with E-state index in [4.69, 9.17) is 9.47 Å². The van der Waals surface area contributed by atoms with Crippen LogP contribution in [-0.2, 0) is 9.59 Å². The SMILES string of the molecule is COc1ccc(C(=O)N2CCN(C(=O)Nc3cccc(OC)c3)CC2C(=O)NC2CCCNC2=O)cc1. The molecule has 0 aliphatic carbocycles. The molecule has 2 aromatic carbocycles. The number of carbonyl (C=O) groups is 4. The minimum Gasteiger partial charge on any atom is -0.497 e. The molecule has 2 aliphatic heterocycles. The Morgan fingerprint density at radius 3 is 2.46 bits per heavy atom. The van der Waals surface area contributed by atoms with E-state index in [0.29, 0.717) is 35.7 Å². The van der Waals surface area contributed by atoms with Crippen LogP contribution in [0.1, 0.15) is 23.2 Å². The summed E-state index contributed by atoms with van der Waals surface area (Å²) in [5.41, 5.74) is 0.934. The van der Waals surface area contributed by atoms with Gasteiger partial charge in [-0.3, -0.25) is 14.4 Å².